The highest BCUT2D eigenvalue weighted by molar-refractivity contribution is 6.21. The van der Waals surface area contributed by atoms with Gasteiger partial charge in [0.25, 0.3) is 0 Å². The van der Waals surface area contributed by atoms with E-state index in [1.807, 2.05) is 62.4 Å². The molecule has 0 aliphatic carbocycles. The van der Waals surface area contributed by atoms with Gasteiger partial charge in [-0.25, -0.2) is 4.98 Å². The second-order valence-corrected chi connectivity index (χ2v) is 5.54. The number of benzene rings is 2. The molecule has 0 unspecified atom stereocenters. The summed E-state index contributed by atoms with van der Waals surface area (Å²) in [5.41, 5.74) is 2.98. The lowest BCUT2D eigenvalue weighted by Gasteiger charge is -2.12. The lowest BCUT2D eigenvalue weighted by molar-refractivity contribution is 0.459. The second-order valence-electron chi connectivity index (χ2n) is 4.88. The normalized spacial score (nSPS) is 10.4. The molecule has 3 nitrogen and oxygen atoms in total. The molecule has 3 aromatic rings. The molecule has 0 amide bonds. The van der Waals surface area contributed by atoms with Gasteiger partial charge in [-0.05, 0) is 37.6 Å². The first-order valence-corrected chi connectivity index (χ1v) is 7.75. The summed E-state index contributed by atoms with van der Waals surface area (Å²) in [4.78, 5) is 4.55. The predicted molar refractivity (Wildman–Crippen MR) is 84.7 cm³/mol. The molecule has 1 heterocycles. The molecular weight excluding hydrogens is 277 g/mol. The lowest BCUT2D eigenvalue weighted by Crippen LogP contribution is -2.12. The summed E-state index contributed by atoms with van der Waals surface area (Å²) in [7, 11) is 0. The van der Waals surface area contributed by atoms with Crippen LogP contribution in [0.15, 0.2) is 54.6 Å². The molecule has 1 radical (unpaired) electrons. The van der Waals surface area contributed by atoms with E-state index in [0.717, 1.165) is 33.7 Å². The highest BCUT2D eigenvalue weighted by Crippen LogP contribution is 2.24. The largest absolute Gasteiger partial charge is 0.881 e. The van der Waals surface area contributed by atoms with Crippen molar-refractivity contribution in [3.63, 3.8) is 0 Å². The molecule has 1 aromatic heterocycles. The number of hydrogen-bond donors (Lipinski definition) is 0. The molecule has 0 spiro atoms. The van der Waals surface area contributed by atoms with Gasteiger partial charge < -0.3 is 7.58 Å². The van der Waals surface area contributed by atoms with Crippen molar-refractivity contribution in [2.24, 2.45) is 0 Å². The molecule has 21 heavy (non-hydrogen) atoms. The van der Waals surface area contributed by atoms with Crippen molar-refractivity contribution in [2.45, 2.75) is 13.8 Å². The van der Waals surface area contributed by atoms with Gasteiger partial charge in [-0.15, -0.1) is 0 Å². The summed E-state index contributed by atoms with van der Waals surface area (Å²) in [5.74, 6) is 1.65. The fraction of sp³-hybridized carbons (Fsp3) is 0.118. The SMILES string of the molecule is Cc1ccc2cccc([O][Al][O]c3ccccc3C)c2n1. The standard InChI is InChI=1S/C10H9NO.C7H8O.Al/c1-7-5-6-8-3-2-4-9(12)10(8)11-7;1-6-4-2-3-5-7(6)8;/h2-6,12H,1H3;2-5,8H,1H3;/q;;+2/p-2. The monoisotopic (exact) mass is 292 g/mol. The molecule has 0 atom stereocenters. The zero-order chi connectivity index (χ0) is 14.7. The number of aryl methyl sites for hydroxylation is 2. The number of para-hydroxylation sites is 2. The van der Waals surface area contributed by atoms with E-state index in [1.54, 1.807) is 0 Å². The molecule has 0 aliphatic rings. The van der Waals surface area contributed by atoms with Gasteiger partial charge in [0.2, 0.25) is 0 Å². The van der Waals surface area contributed by atoms with Crippen LogP contribution in [0.1, 0.15) is 11.3 Å². The molecule has 103 valence electrons. The van der Waals surface area contributed by atoms with Crippen molar-refractivity contribution >= 4 is 26.8 Å². The predicted octanol–water partition coefficient (Wildman–Crippen LogP) is 3.84. The van der Waals surface area contributed by atoms with E-state index in [1.165, 1.54) is 0 Å². The lowest BCUT2D eigenvalue weighted by atomic mass is 10.2. The quantitative estimate of drug-likeness (QED) is 0.685. The third-order valence-electron chi connectivity index (χ3n) is 3.27. The Bertz CT molecular complexity index is 774. The summed E-state index contributed by atoms with van der Waals surface area (Å²) in [6.07, 6.45) is 0. The molecule has 3 rings (SSSR count). The minimum atomic E-state index is -0.622. The number of fused-ring (bicyclic) bond motifs is 1. The van der Waals surface area contributed by atoms with Crippen LogP contribution in [0, 0.1) is 13.8 Å². The Morgan fingerprint density at radius 3 is 2.43 bits per heavy atom. The molecule has 2 aromatic carbocycles. The summed E-state index contributed by atoms with van der Waals surface area (Å²) < 4.78 is 11.6. The highest BCUT2D eigenvalue weighted by atomic mass is 27.2. The van der Waals surface area contributed by atoms with E-state index < -0.39 is 15.9 Å². The van der Waals surface area contributed by atoms with E-state index in [2.05, 4.69) is 11.1 Å². The van der Waals surface area contributed by atoms with Crippen LogP contribution < -0.4 is 7.58 Å². The van der Waals surface area contributed by atoms with Gasteiger partial charge in [-0.2, -0.15) is 0 Å². The van der Waals surface area contributed by atoms with Crippen molar-refractivity contribution in [3.05, 3.63) is 65.9 Å². The summed E-state index contributed by atoms with van der Waals surface area (Å²) in [6, 6.07) is 17.9. The Labute approximate surface area is 130 Å². The smallest absolute Gasteiger partial charge is 0.616 e. The summed E-state index contributed by atoms with van der Waals surface area (Å²) in [6.45, 7) is 4.00. The fourth-order valence-electron chi connectivity index (χ4n) is 2.13. The van der Waals surface area contributed by atoms with Crippen molar-refractivity contribution in [2.75, 3.05) is 0 Å². The molecule has 0 fully saturated rings. The van der Waals surface area contributed by atoms with Gasteiger partial charge in [-0.3, -0.25) is 0 Å². The topological polar surface area (TPSA) is 31.4 Å². The van der Waals surface area contributed by atoms with Gasteiger partial charge in [0, 0.05) is 11.1 Å². The van der Waals surface area contributed by atoms with Gasteiger partial charge in [0.05, 0.1) is 5.75 Å². The second kappa shape index (κ2) is 6.17. The summed E-state index contributed by atoms with van der Waals surface area (Å²) in [5, 5.41) is 1.08. The van der Waals surface area contributed by atoms with Crippen molar-refractivity contribution in [1.82, 2.24) is 4.98 Å². The number of pyridine rings is 1. The number of rotatable bonds is 4. The number of nitrogens with zero attached hydrogens (tertiary/aromatic N) is 1. The van der Waals surface area contributed by atoms with Gasteiger partial charge >= 0.3 is 15.9 Å². The maximum Gasteiger partial charge on any atom is 0.881 e. The first-order valence-electron chi connectivity index (χ1n) is 6.81. The van der Waals surface area contributed by atoms with Gasteiger partial charge in [0.15, 0.2) is 0 Å². The average Bonchev–Trinajstić information content (AvgIpc) is 2.49. The molecule has 0 saturated heterocycles. The molecular formula is C17H15AlNO2. The Morgan fingerprint density at radius 1 is 0.810 bits per heavy atom. The van der Waals surface area contributed by atoms with Crippen LogP contribution in [0.2, 0.25) is 0 Å². The average molecular weight is 292 g/mol. The molecule has 0 aliphatic heterocycles. The van der Waals surface area contributed by atoms with E-state index >= 15 is 0 Å². The Kier molecular flexibility index (Phi) is 4.10. The van der Waals surface area contributed by atoms with Crippen LogP contribution in [-0.4, -0.2) is 20.9 Å². The van der Waals surface area contributed by atoms with Crippen LogP contribution in [-0.2, 0) is 0 Å². The van der Waals surface area contributed by atoms with Gasteiger partial charge in [0.1, 0.15) is 11.3 Å². The zero-order valence-electron chi connectivity index (χ0n) is 12.0. The first-order chi connectivity index (χ1) is 10.2. The van der Waals surface area contributed by atoms with E-state index in [0.29, 0.717) is 0 Å². The Hall–Kier alpha value is -2.02. The van der Waals surface area contributed by atoms with E-state index in [9.17, 15) is 0 Å². The van der Waals surface area contributed by atoms with Crippen molar-refractivity contribution in [3.8, 4) is 11.5 Å². The van der Waals surface area contributed by atoms with E-state index in [4.69, 9.17) is 7.58 Å². The highest BCUT2D eigenvalue weighted by Gasteiger charge is 2.10. The zero-order valence-corrected chi connectivity index (χ0v) is 13.2. The number of aromatic nitrogens is 1. The first kappa shape index (κ1) is 13.9. The minimum Gasteiger partial charge on any atom is -0.616 e. The van der Waals surface area contributed by atoms with Crippen molar-refractivity contribution < 1.29 is 7.58 Å². The van der Waals surface area contributed by atoms with Crippen LogP contribution >= 0.6 is 0 Å². The van der Waals surface area contributed by atoms with Crippen LogP contribution in [0.3, 0.4) is 0 Å². The number of hydrogen-bond acceptors (Lipinski definition) is 3. The minimum absolute atomic E-state index is 0.622. The third-order valence-corrected chi connectivity index (χ3v) is 3.97. The van der Waals surface area contributed by atoms with Crippen molar-refractivity contribution in [1.29, 1.82) is 0 Å². The molecule has 0 N–H and O–H groups in total. The molecule has 0 bridgehead atoms. The Morgan fingerprint density at radius 2 is 1.57 bits per heavy atom. The van der Waals surface area contributed by atoms with Crippen LogP contribution in [0.4, 0.5) is 0 Å². The summed E-state index contributed by atoms with van der Waals surface area (Å²) >= 11 is -0.622. The van der Waals surface area contributed by atoms with Crippen LogP contribution in [0.25, 0.3) is 10.9 Å². The van der Waals surface area contributed by atoms with Crippen LogP contribution in [0.5, 0.6) is 11.5 Å². The molecule has 0 saturated carbocycles. The third kappa shape index (κ3) is 3.18. The maximum absolute atomic E-state index is 5.83. The Balaban J connectivity index is 1.77. The van der Waals surface area contributed by atoms with E-state index in [-0.39, 0.29) is 0 Å². The van der Waals surface area contributed by atoms with Gasteiger partial charge in [-0.1, -0.05) is 36.4 Å². The molecule has 4 heteroatoms. The fourth-order valence-corrected chi connectivity index (χ4v) is 2.84. The maximum atomic E-state index is 5.83.